The highest BCUT2D eigenvalue weighted by Gasteiger charge is 2.31. The highest BCUT2D eigenvalue weighted by Crippen LogP contribution is 2.27. The van der Waals surface area contributed by atoms with Gasteiger partial charge in [0.25, 0.3) is 5.91 Å². The summed E-state index contributed by atoms with van der Waals surface area (Å²) >= 11 is 0. The van der Waals surface area contributed by atoms with Crippen LogP contribution in [0.2, 0.25) is 0 Å². The predicted molar refractivity (Wildman–Crippen MR) is 123 cm³/mol. The molecule has 36 heavy (non-hydrogen) atoms. The van der Waals surface area contributed by atoms with E-state index in [1.165, 1.54) is 30.1 Å². The Morgan fingerprint density at radius 3 is 2.86 bits per heavy atom. The number of hydrogen-bond acceptors (Lipinski definition) is 6. The topological polar surface area (TPSA) is 118 Å². The van der Waals surface area contributed by atoms with Crippen LogP contribution in [0.4, 0.5) is 19.0 Å². The fourth-order valence-electron chi connectivity index (χ4n) is 3.94. The first kappa shape index (κ1) is 25.0. The molecule has 0 spiro atoms. The number of aryl methyl sites for hydroxylation is 3. The van der Waals surface area contributed by atoms with Crippen molar-refractivity contribution in [2.45, 2.75) is 44.6 Å². The van der Waals surface area contributed by atoms with Crippen molar-refractivity contribution in [2.24, 2.45) is 0 Å². The first-order chi connectivity index (χ1) is 17.2. The molecule has 1 unspecified atom stereocenters. The van der Waals surface area contributed by atoms with Gasteiger partial charge in [0.15, 0.2) is 0 Å². The van der Waals surface area contributed by atoms with Crippen LogP contribution in [0, 0.1) is 0 Å². The molecule has 190 valence electrons. The smallest absolute Gasteiger partial charge is 0.481 e. The standard InChI is InChI=1S/C24H24F3N5O4/c25-24(26,27)36-19-5-1-3-16(11-19)20(12-21(33)34)31-23(35)17-13-29-32(14-17)10-8-18-7-6-15-4-2-9-28-22(15)30-18/h1,3,5-7,11,13-14,20H,2,4,8-10,12H2,(H,28,30)(H,31,35)(H,33,34). The van der Waals surface area contributed by atoms with Crippen LogP contribution in [0.15, 0.2) is 48.8 Å². The van der Waals surface area contributed by atoms with Gasteiger partial charge in [-0.3, -0.25) is 14.3 Å². The molecule has 0 radical (unpaired) electrons. The second-order valence-corrected chi connectivity index (χ2v) is 8.33. The average molecular weight is 503 g/mol. The molecular formula is C24H24F3N5O4. The summed E-state index contributed by atoms with van der Waals surface area (Å²) in [5.41, 5.74) is 2.42. The van der Waals surface area contributed by atoms with Crippen LogP contribution in [0.25, 0.3) is 0 Å². The predicted octanol–water partition coefficient (Wildman–Crippen LogP) is 3.72. The van der Waals surface area contributed by atoms with E-state index in [0.29, 0.717) is 13.0 Å². The zero-order valence-corrected chi connectivity index (χ0v) is 19.1. The quantitative estimate of drug-likeness (QED) is 0.407. The van der Waals surface area contributed by atoms with Crippen LogP contribution >= 0.6 is 0 Å². The molecule has 9 nitrogen and oxygen atoms in total. The van der Waals surface area contributed by atoms with Crippen molar-refractivity contribution in [3.05, 3.63) is 71.2 Å². The van der Waals surface area contributed by atoms with Gasteiger partial charge in [-0.1, -0.05) is 18.2 Å². The Morgan fingerprint density at radius 2 is 2.08 bits per heavy atom. The van der Waals surface area contributed by atoms with Crippen LogP contribution < -0.4 is 15.4 Å². The van der Waals surface area contributed by atoms with Crippen molar-refractivity contribution in [1.82, 2.24) is 20.1 Å². The van der Waals surface area contributed by atoms with Crippen molar-refractivity contribution in [2.75, 3.05) is 11.9 Å². The lowest BCUT2D eigenvalue weighted by molar-refractivity contribution is -0.274. The Bertz CT molecular complexity index is 1240. The van der Waals surface area contributed by atoms with E-state index in [4.69, 9.17) is 0 Å². The first-order valence-electron chi connectivity index (χ1n) is 11.3. The van der Waals surface area contributed by atoms with Crippen molar-refractivity contribution in [3.63, 3.8) is 0 Å². The molecule has 0 saturated heterocycles. The number of nitrogens with one attached hydrogen (secondary N) is 2. The van der Waals surface area contributed by atoms with Gasteiger partial charge in [0.2, 0.25) is 0 Å². The molecule has 3 N–H and O–H groups in total. The Hall–Kier alpha value is -4.09. The molecule has 0 fully saturated rings. The van der Waals surface area contributed by atoms with Crippen LogP contribution in [0.5, 0.6) is 5.75 Å². The van der Waals surface area contributed by atoms with Gasteiger partial charge in [-0.25, -0.2) is 4.98 Å². The maximum atomic E-state index is 12.8. The Morgan fingerprint density at radius 1 is 1.25 bits per heavy atom. The molecule has 1 aromatic carbocycles. The SMILES string of the molecule is O=C(O)CC(NC(=O)c1cnn(CCc2ccc3c(n2)NCCC3)c1)c1cccc(OC(F)(F)F)c1. The Kier molecular flexibility index (Phi) is 7.41. The van der Waals surface area contributed by atoms with Crippen molar-refractivity contribution in [1.29, 1.82) is 0 Å². The molecular weight excluding hydrogens is 479 g/mol. The number of fused-ring (bicyclic) bond motifs is 1. The zero-order chi connectivity index (χ0) is 25.7. The van der Waals surface area contributed by atoms with E-state index in [0.717, 1.165) is 43.0 Å². The number of benzene rings is 1. The van der Waals surface area contributed by atoms with Gasteiger partial charge in [-0.2, -0.15) is 5.10 Å². The lowest BCUT2D eigenvalue weighted by Crippen LogP contribution is -2.30. The molecule has 1 aliphatic heterocycles. The number of nitrogens with zero attached hydrogens (tertiary/aromatic N) is 3. The summed E-state index contributed by atoms with van der Waals surface area (Å²) in [7, 11) is 0. The lowest BCUT2D eigenvalue weighted by Gasteiger charge is -2.18. The third-order valence-electron chi connectivity index (χ3n) is 5.62. The molecule has 1 aliphatic rings. The summed E-state index contributed by atoms with van der Waals surface area (Å²) in [6.45, 7) is 1.36. The zero-order valence-electron chi connectivity index (χ0n) is 19.1. The number of aliphatic carboxylic acids is 1. The van der Waals surface area contributed by atoms with Crippen molar-refractivity contribution >= 4 is 17.7 Å². The fourth-order valence-corrected chi connectivity index (χ4v) is 3.94. The average Bonchev–Trinajstić information content (AvgIpc) is 3.30. The first-order valence-corrected chi connectivity index (χ1v) is 11.3. The second-order valence-electron chi connectivity index (χ2n) is 8.33. The van der Waals surface area contributed by atoms with Crippen molar-refractivity contribution in [3.8, 4) is 5.75 Å². The molecule has 2 aromatic heterocycles. The highest BCUT2D eigenvalue weighted by molar-refractivity contribution is 5.94. The van der Waals surface area contributed by atoms with E-state index in [1.54, 1.807) is 4.68 Å². The number of carboxylic acid groups (broad SMARTS) is 1. The van der Waals surface area contributed by atoms with E-state index in [-0.39, 0.29) is 11.1 Å². The molecule has 3 aromatic rings. The summed E-state index contributed by atoms with van der Waals surface area (Å²) in [4.78, 5) is 28.8. The van der Waals surface area contributed by atoms with Crippen LogP contribution in [0.1, 0.15) is 46.1 Å². The van der Waals surface area contributed by atoms with E-state index < -0.39 is 36.5 Å². The van der Waals surface area contributed by atoms with Crippen LogP contribution in [0.3, 0.4) is 0 Å². The molecule has 0 bridgehead atoms. The summed E-state index contributed by atoms with van der Waals surface area (Å²) in [5.74, 6) is -1.45. The molecule has 1 atom stereocenters. The van der Waals surface area contributed by atoms with Crippen molar-refractivity contribution < 1.29 is 32.6 Å². The highest BCUT2D eigenvalue weighted by atomic mass is 19.4. The van der Waals surface area contributed by atoms with Gasteiger partial charge in [0.05, 0.1) is 24.2 Å². The van der Waals surface area contributed by atoms with Gasteiger partial charge >= 0.3 is 12.3 Å². The normalized spacial score (nSPS) is 13.9. The molecule has 0 saturated carbocycles. The minimum atomic E-state index is -4.90. The number of rotatable bonds is 9. The number of alkyl halides is 3. The van der Waals surface area contributed by atoms with Gasteiger partial charge in [-0.05, 0) is 42.2 Å². The summed E-state index contributed by atoms with van der Waals surface area (Å²) in [6.07, 6.45) is 0.0931. The molecule has 3 heterocycles. The number of aromatic nitrogens is 3. The van der Waals surface area contributed by atoms with Gasteiger partial charge < -0.3 is 20.5 Å². The minimum Gasteiger partial charge on any atom is -0.481 e. The largest absolute Gasteiger partial charge is 0.573 e. The summed E-state index contributed by atoms with van der Waals surface area (Å²) in [6, 6.07) is 7.79. The Balaban J connectivity index is 1.41. The molecule has 0 aliphatic carbocycles. The Labute approximate surface area is 204 Å². The number of hydrogen-bond donors (Lipinski definition) is 3. The number of carbonyl (C=O) groups is 2. The van der Waals surface area contributed by atoms with Gasteiger partial charge in [-0.15, -0.1) is 13.2 Å². The second kappa shape index (κ2) is 10.7. The van der Waals surface area contributed by atoms with Gasteiger partial charge in [0.1, 0.15) is 11.6 Å². The number of amides is 1. The number of carbonyl (C=O) groups excluding carboxylic acids is 1. The molecule has 1 amide bonds. The fraction of sp³-hybridized carbons (Fsp3) is 0.333. The molecule has 4 rings (SSSR count). The monoisotopic (exact) mass is 503 g/mol. The number of anilines is 1. The summed E-state index contributed by atoms with van der Waals surface area (Å²) in [5, 5.41) is 19.3. The number of pyridine rings is 1. The maximum absolute atomic E-state index is 12.8. The van der Waals surface area contributed by atoms with E-state index >= 15 is 0 Å². The van der Waals surface area contributed by atoms with E-state index in [1.807, 2.05) is 6.07 Å². The van der Waals surface area contributed by atoms with Gasteiger partial charge in [0, 0.05) is 31.4 Å². The third-order valence-corrected chi connectivity index (χ3v) is 5.62. The van der Waals surface area contributed by atoms with Crippen LogP contribution in [-0.4, -0.2) is 44.7 Å². The molecule has 12 heteroatoms. The van der Waals surface area contributed by atoms with Crippen LogP contribution in [-0.2, 0) is 24.2 Å². The van der Waals surface area contributed by atoms with E-state index in [9.17, 15) is 27.9 Å². The lowest BCUT2D eigenvalue weighted by atomic mass is 10.0. The third kappa shape index (κ3) is 6.74. The summed E-state index contributed by atoms with van der Waals surface area (Å²) < 4.78 is 43.2. The number of halogens is 3. The van der Waals surface area contributed by atoms with E-state index in [2.05, 4.69) is 31.5 Å². The maximum Gasteiger partial charge on any atom is 0.573 e. The minimum absolute atomic E-state index is 0.159. The number of carboxylic acids is 1. The number of ether oxygens (including phenoxy) is 1.